The van der Waals surface area contributed by atoms with Crippen LogP contribution in [-0.4, -0.2) is 33.4 Å². The van der Waals surface area contributed by atoms with Crippen LogP contribution in [-0.2, 0) is 11.3 Å². The van der Waals surface area contributed by atoms with E-state index in [0.29, 0.717) is 5.69 Å². The topological polar surface area (TPSA) is 110 Å². The molecule has 1 heterocycles. The van der Waals surface area contributed by atoms with Crippen molar-refractivity contribution in [2.75, 3.05) is 11.9 Å². The van der Waals surface area contributed by atoms with Crippen LogP contribution in [0.4, 0.5) is 5.69 Å². The van der Waals surface area contributed by atoms with E-state index in [0.717, 1.165) is 4.68 Å². The zero-order valence-corrected chi connectivity index (χ0v) is 10.6. The van der Waals surface area contributed by atoms with E-state index in [1.165, 1.54) is 6.20 Å². The van der Waals surface area contributed by atoms with E-state index in [2.05, 4.69) is 10.4 Å². The summed E-state index contributed by atoms with van der Waals surface area (Å²) < 4.78 is 1.06. The van der Waals surface area contributed by atoms with E-state index in [1.807, 2.05) is 0 Å². The normalized spacial score (nSPS) is 12.2. The van der Waals surface area contributed by atoms with E-state index in [-0.39, 0.29) is 30.6 Å². The van der Waals surface area contributed by atoms with Crippen LogP contribution in [0.25, 0.3) is 0 Å². The number of amides is 1. The molecule has 1 atom stereocenters. The third-order valence-corrected chi connectivity index (χ3v) is 2.57. The molecule has 0 aliphatic carbocycles. The maximum absolute atomic E-state index is 11.7. The van der Waals surface area contributed by atoms with Crippen LogP contribution in [0.3, 0.4) is 0 Å². The van der Waals surface area contributed by atoms with Gasteiger partial charge in [0.15, 0.2) is 0 Å². The van der Waals surface area contributed by atoms with Crippen LogP contribution in [0.1, 0.15) is 13.3 Å². The number of hydrogen-bond donors (Lipinski definition) is 3. The molecule has 8 heteroatoms. The third-order valence-electron chi connectivity index (χ3n) is 2.21. The first kappa shape index (κ1) is 14.5. The molecule has 0 bridgehead atoms. The van der Waals surface area contributed by atoms with Gasteiger partial charge in [-0.2, -0.15) is 5.10 Å². The Hall–Kier alpha value is -1.60. The van der Waals surface area contributed by atoms with Crippen LogP contribution in [0, 0.1) is 0 Å². The van der Waals surface area contributed by atoms with Crippen LogP contribution in [0.5, 0.6) is 0 Å². The third kappa shape index (κ3) is 3.71. The van der Waals surface area contributed by atoms with Gasteiger partial charge in [-0.05, 0) is 6.92 Å². The summed E-state index contributed by atoms with van der Waals surface area (Å²) in [7, 11) is 0. The molecule has 4 N–H and O–H groups in total. The Morgan fingerprint density at radius 1 is 1.72 bits per heavy atom. The average Bonchev–Trinajstić information content (AvgIpc) is 2.28. The van der Waals surface area contributed by atoms with Gasteiger partial charge in [-0.15, -0.1) is 0 Å². The first-order valence-corrected chi connectivity index (χ1v) is 5.74. The fourth-order valence-corrected chi connectivity index (χ4v) is 1.64. The van der Waals surface area contributed by atoms with Crippen molar-refractivity contribution >= 4 is 23.2 Å². The zero-order valence-electron chi connectivity index (χ0n) is 9.89. The van der Waals surface area contributed by atoms with Crippen molar-refractivity contribution in [2.24, 2.45) is 5.73 Å². The van der Waals surface area contributed by atoms with Gasteiger partial charge in [-0.25, -0.2) is 4.68 Å². The highest BCUT2D eigenvalue weighted by molar-refractivity contribution is 6.32. The molecule has 7 nitrogen and oxygen atoms in total. The van der Waals surface area contributed by atoms with Gasteiger partial charge in [0.2, 0.25) is 5.91 Å². The number of aromatic nitrogens is 2. The Bertz CT molecular complexity index is 489. The Kier molecular flexibility index (Phi) is 5.11. The first-order valence-electron chi connectivity index (χ1n) is 5.37. The monoisotopic (exact) mass is 274 g/mol. The number of rotatable bonds is 6. The number of hydrogen-bond acceptors (Lipinski definition) is 5. The molecule has 100 valence electrons. The number of nitrogens with zero attached hydrogens (tertiary/aromatic N) is 2. The van der Waals surface area contributed by atoms with Gasteiger partial charge >= 0.3 is 0 Å². The summed E-state index contributed by atoms with van der Waals surface area (Å²) in [5.74, 6) is -0.451. The molecule has 0 aliphatic heterocycles. The van der Waals surface area contributed by atoms with E-state index in [4.69, 9.17) is 22.4 Å². The fourth-order valence-electron chi connectivity index (χ4n) is 1.44. The maximum atomic E-state index is 11.7. The molecule has 1 aromatic heterocycles. The molecule has 0 aliphatic rings. The second-order valence-electron chi connectivity index (χ2n) is 3.84. The number of carbonyl (C=O) groups is 1. The Morgan fingerprint density at radius 3 is 2.94 bits per heavy atom. The molecule has 0 saturated carbocycles. The predicted octanol–water partition coefficient (Wildman–Crippen LogP) is -0.435. The Labute approximate surface area is 109 Å². The molecule has 0 aromatic carbocycles. The Morgan fingerprint density at radius 2 is 2.39 bits per heavy atom. The van der Waals surface area contributed by atoms with Crippen molar-refractivity contribution in [3.63, 3.8) is 0 Å². The van der Waals surface area contributed by atoms with Gasteiger partial charge in [0.1, 0.15) is 5.02 Å². The summed E-state index contributed by atoms with van der Waals surface area (Å²) >= 11 is 5.88. The number of carbonyl (C=O) groups excluding carboxylic acids is 1. The molecule has 1 rings (SSSR count). The summed E-state index contributed by atoms with van der Waals surface area (Å²) in [4.78, 5) is 22.4. The fraction of sp³-hybridized carbons (Fsp3) is 0.500. The van der Waals surface area contributed by atoms with E-state index in [9.17, 15) is 9.59 Å². The highest BCUT2D eigenvalue weighted by atomic mass is 35.5. The second-order valence-corrected chi connectivity index (χ2v) is 4.22. The minimum Gasteiger partial charge on any atom is -0.394 e. The molecule has 0 spiro atoms. The second kappa shape index (κ2) is 6.36. The number of anilines is 1. The molecule has 0 fully saturated rings. The quantitative estimate of drug-likeness (QED) is 0.652. The summed E-state index contributed by atoms with van der Waals surface area (Å²) in [5, 5.41) is 15.4. The minimum atomic E-state index is -0.498. The number of aliphatic hydroxyl groups excluding tert-OH is 1. The number of aliphatic hydroxyl groups is 1. The summed E-state index contributed by atoms with van der Waals surface area (Å²) in [6, 6.07) is -0.255. The van der Waals surface area contributed by atoms with E-state index in [1.54, 1.807) is 6.92 Å². The Balaban J connectivity index is 2.88. The lowest BCUT2D eigenvalue weighted by Gasteiger charge is -2.14. The lowest BCUT2D eigenvalue weighted by Crippen LogP contribution is -2.28. The molecule has 1 unspecified atom stereocenters. The largest absolute Gasteiger partial charge is 0.394 e. The smallest absolute Gasteiger partial charge is 0.287 e. The lowest BCUT2D eigenvalue weighted by molar-refractivity contribution is -0.118. The van der Waals surface area contributed by atoms with Crippen LogP contribution < -0.4 is 16.6 Å². The van der Waals surface area contributed by atoms with Crippen molar-refractivity contribution in [1.29, 1.82) is 0 Å². The van der Waals surface area contributed by atoms with Gasteiger partial charge in [0, 0.05) is 12.5 Å². The summed E-state index contributed by atoms with van der Waals surface area (Å²) in [5.41, 5.74) is 4.90. The van der Waals surface area contributed by atoms with Crippen molar-refractivity contribution < 1.29 is 9.90 Å². The van der Waals surface area contributed by atoms with E-state index >= 15 is 0 Å². The molecule has 18 heavy (non-hydrogen) atoms. The van der Waals surface area contributed by atoms with Gasteiger partial charge in [-0.3, -0.25) is 9.59 Å². The number of nitrogens with one attached hydrogen (secondary N) is 1. The van der Waals surface area contributed by atoms with Crippen LogP contribution in [0.2, 0.25) is 5.02 Å². The number of halogens is 1. The van der Waals surface area contributed by atoms with Crippen LogP contribution in [0.15, 0.2) is 11.0 Å². The molecule has 0 radical (unpaired) electrons. The van der Waals surface area contributed by atoms with Gasteiger partial charge < -0.3 is 16.2 Å². The zero-order chi connectivity index (χ0) is 13.7. The predicted molar refractivity (Wildman–Crippen MR) is 67.5 cm³/mol. The molecular weight excluding hydrogens is 260 g/mol. The first-order chi connectivity index (χ1) is 8.45. The molecule has 0 saturated heterocycles. The highest BCUT2D eigenvalue weighted by Crippen LogP contribution is 2.16. The highest BCUT2D eigenvalue weighted by Gasteiger charge is 2.12. The lowest BCUT2D eigenvalue weighted by atomic mass is 10.2. The van der Waals surface area contributed by atoms with Crippen molar-refractivity contribution in [1.82, 2.24) is 9.78 Å². The van der Waals surface area contributed by atoms with E-state index < -0.39 is 11.5 Å². The standard InChI is InChI=1S/C10H15ClN4O3/c1-6(4-8(12)17)14-7-5-13-15(2-3-16)10(18)9(7)11/h5-6,14,16H,2-4H2,1H3,(H2,12,17). The van der Waals surface area contributed by atoms with Gasteiger partial charge in [0.25, 0.3) is 5.56 Å². The number of nitrogens with two attached hydrogens (primary N) is 1. The number of primary amides is 1. The SMILES string of the molecule is CC(CC(N)=O)Nc1cnn(CCO)c(=O)c1Cl. The van der Waals surface area contributed by atoms with Gasteiger partial charge in [-0.1, -0.05) is 11.6 Å². The van der Waals surface area contributed by atoms with Crippen molar-refractivity contribution in [2.45, 2.75) is 25.9 Å². The molecule has 1 amide bonds. The van der Waals surface area contributed by atoms with Crippen molar-refractivity contribution in [3.8, 4) is 0 Å². The maximum Gasteiger partial charge on any atom is 0.287 e. The average molecular weight is 275 g/mol. The summed E-state index contributed by atoms with van der Waals surface area (Å²) in [6.07, 6.45) is 1.49. The molecular formula is C10H15ClN4O3. The van der Waals surface area contributed by atoms with Gasteiger partial charge in [0.05, 0.1) is 25.0 Å². The van der Waals surface area contributed by atoms with Crippen molar-refractivity contribution in [3.05, 3.63) is 21.6 Å². The van der Waals surface area contributed by atoms with Crippen LogP contribution >= 0.6 is 11.6 Å². The minimum absolute atomic E-state index is 0.0326. The summed E-state index contributed by atoms with van der Waals surface area (Å²) in [6.45, 7) is 1.62. The molecule has 1 aromatic rings.